The van der Waals surface area contributed by atoms with E-state index in [0.717, 1.165) is 29.6 Å². The van der Waals surface area contributed by atoms with Crippen molar-refractivity contribution in [1.29, 1.82) is 0 Å². The zero-order chi connectivity index (χ0) is 16.2. The Morgan fingerprint density at radius 1 is 1.35 bits per heavy atom. The fraction of sp³-hybridized carbons (Fsp3) is 0.389. The predicted molar refractivity (Wildman–Crippen MR) is 98.6 cm³/mol. The Balaban J connectivity index is 1.55. The van der Waals surface area contributed by atoms with Gasteiger partial charge in [-0.2, -0.15) is 0 Å². The number of halogens is 1. The molecule has 1 aliphatic carbocycles. The van der Waals surface area contributed by atoms with Gasteiger partial charge in [0.1, 0.15) is 0 Å². The van der Waals surface area contributed by atoms with Gasteiger partial charge in [0.05, 0.1) is 16.4 Å². The van der Waals surface area contributed by atoms with Crippen molar-refractivity contribution in [3.8, 4) is 0 Å². The lowest BCUT2D eigenvalue weighted by atomic mass is 9.88. The number of fused-ring (bicyclic) bond motifs is 1. The monoisotopic (exact) mass is 392 g/mol. The molecule has 3 nitrogen and oxygen atoms in total. The third kappa shape index (κ3) is 4.43. The largest absolute Gasteiger partial charge is 0.348 e. The van der Waals surface area contributed by atoms with Crippen LogP contribution in [0, 0.1) is 0 Å². The summed E-state index contributed by atoms with van der Waals surface area (Å²) in [6.45, 7) is 1.22. The highest BCUT2D eigenvalue weighted by Gasteiger charge is 2.21. The number of carbonyl (C=O) groups excluding carboxylic acids is 1. The van der Waals surface area contributed by atoms with Gasteiger partial charge in [0.2, 0.25) is 5.91 Å². The molecule has 0 fully saturated rings. The van der Waals surface area contributed by atoms with E-state index >= 15 is 0 Å². The number of thiophene rings is 1. The maximum Gasteiger partial charge on any atom is 0.234 e. The van der Waals surface area contributed by atoms with E-state index in [1.165, 1.54) is 16.0 Å². The summed E-state index contributed by atoms with van der Waals surface area (Å²) in [5, 5.41) is 3.21. The molecule has 1 N–H and O–H groups in total. The van der Waals surface area contributed by atoms with Crippen LogP contribution in [-0.4, -0.2) is 24.4 Å². The smallest absolute Gasteiger partial charge is 0.234 e. The van der Waals surface area contributed by atoms with Gasteiger partial charge >= 0.3 is 0 Å². The predicted octanol–water partition coefficient (Wildman–Crippen LogP) is 4.14. The minimum Gasteiger partial charge on any atom is -0.348 e. The first kappa shape index (κ1) is 16.7. The molecule has 1 aliphatic rings. The number of hydrogen-bond acceptors (Lipinski definition) is 3. The second-order valence-electron chi connectivity index (χ2n) is 6.09. The van der Waals surface area contributed by atoms with Gasteiger partial charge in [-0.05, 0) is 65.5 Å². The molecule has 1 atom stereocenters. The molecule has 0 unspecified atom stereocenters. The highest BCUT2D eigenvalue weighted by atomic mass is 79.9. The molecule has 0 spiro atoms. The van der Waals surface area contributed by atoms with Crippen LogP contribution in [0.15, 0.2) is 40.2 Å². The van der Waals surface area contributed by atoms with Gasteiger partial charge in [-0.3, -0.25) is 9.69 Å². The van der Waals surface area contributed by atoms with Crippen molar-refractivity contribution in [2.45, 2.75) is 31.8 Å². The molecule has 0 radical (unpaired) electrons. The van der Waals surface area contributed by atoms with Crippen molar-refractivity contribution in [3.63, 3.8) is 0 Å². The Bertz CT molecular complexity index is 685. The number of nitrogens with zero attached hydrogens (tertiary/aromatic N) is 1. The first-order valence-corrected chi connectivity index (χ1v) is 9.52. The molecule has 0 saturated heterocycles. The zero-order valence-corrected chi connectivity index (χ0v) is 15.6. The van der Waals surface area contributed by atoms with E-state index in [2.05, 4.69) is 56.5 Å². The molecule has 1 aromatic carbocycles. The van der Waals surface area contributed by atoms with Crippen LogP contribution in [0.5, 0.6) is 0 Å². The number of carbonyl (C=O) groups is 1. The third-order valence-corrected chi connectivity index (χ3v) is 5.78. The van der Waals surface area contributed by atoms with Crippen LogP contribution in [0.1, 0.15) is 34.9 Å². The van der Waals surface area contributed by atoms with Crippen LogP contribution < -0.4 is 5.32 Å². The summed E-state index contributed by atoms with van der Waals surface area (Å²) in [4.78, 5) is 15.7. The van der Waals surface area contributed by atoms with Crippen LogP contribution >= 0.6 is 27.3 Å². The highest BCUT2D eigenvalue weighted by molar-refractivity contribution is 9.11. The van der Waals surface area contributed by atoms with E-state index in [-0.39, 0.29) is 11.9 Å². The van der Waals surface area contributed by atoms with Gasteiger partial charge in [0, 0.05) is 11.4 Å². The van der Waals surface area contributed by atoms with Crippen LogP contribution in [0.25, 0.3) is 0 Å². The Morgan fingerprint density at radius 3 is 2.96 bits per heavy atom. The lowest BCUT2D eigenvalue weighted by molar-refractivity contribution is -0.122. The maximum atomic E-state index is 12.4. The van der Waals surface area contributed by atoms with E-state index < -0.39 is 0 Å². The third-order valence-electron chi connectivity index (χ3n) is 4.17. The Labute approximate surface area is 149 Å². The molecular weight excluding hydrogens is 372 g/mol. The summed E-state index contributed by atoms with van der Waals surface area (Å²) >= 11 is 5.19. The fourth-order valence-electron chi connectivity index (χ4n) is 3.15. The number of amides is 1. The molecule has 0 bridgehead atoms. The van der Waals surface area contributed by atoms with Gasteiger partial charge in [0.25, 0.3) is 0 Å². The molecule has 0 aliphatic heterocycles. The molecule has 3 rings (SSSR count). The molecule has 23 heavy (non-hydrogen) atoms. The molecule has 2 aromatic rings. The zero-order valence-electron chi connectivity index (χ0n) is 13.2. The number of aryl methyl sites for hydroxylation is 1. The summed E-state index contributed by atoms with van der Waals surface area (Å²) in [7, 11) is 1.99. The summed E-state index contributed by atoms with van der Waals surface area (Å²) < 4.78 is 1.13. The van der Waals surface area contributed by atoms with Crippen LogP contribution in [0.3, 0.4) is 0 Å². The number of benzene rings is 1. The number of nitrogens with one attached hydrogen (secondary N) is 1. The molecule has 1 aromatic heterocycles. The van der Waals surface area contributed by atoms with Crippen molar-refractivity contribution >= 4 is 33.2 Å². The number of likely N-dealkylation sites (N-methyl/N-ethyl adjacent to an activating group) is 1. The summed E-state index contributed by atoms with van der Waals surface area (Å²) in [6.07, 6.45) is 3.29. The minimum atomic E-state index is 0.102. The van der Waals surface area contributed by atoms with E-state index in [0.29, 0.717) is 6.54 Å². The molecular formula is C18H21BrN2OS. The van der Waals surface area contributed by atoms with Crippen LogP contribution in [-0.2, 0) is 17.8 Å². The number of hydrogen-bond donors (Lipinski definition) is 1. The van der Waals surface area contributed by atoms with Crippen molar-refractivity contribution in [3.05, 3.63) is 56.2 Å². The molecule has 122 valence electrons. The van der Waals surface area contributed by atoms with E-state index in [4.69, 9.17) is 0 Å². The second kappa shape index (κ2) is 7.60. The minimum absolute atomic E-state index is 0.102. The standard InChI is InChI=1S/C18H21BrN2OS/c1-21(11-14-9-10-17(19)23-14)12-18(22)20-16-8-4-6-13-5-2-3-7-15(13)16/h2-3,5,7,9-10,16H,4,6,8,11-12H2,1H3,(H,20,22)/t16-/m1/s1. The van der Waals surface area contributed by atoms with Gasteiger partial charge in [0.15, 0.2) is 0 Å². The number of rotatable bonds is 5. The van der Waals surface area contributed by atoms with Crippen molar-refractivity contribution in [2.24, 2.45) is 0 Å². The summed E-state index contributed by atoms with van der Waals surface area (Å²) in [5.74, 6) is 0.102. The highest BCUT2D eigenvalue weighted by Crippen LogP contribution is 2.29. The lowest BCUT2D eigenvalue weighted by Gasteiger charge is -2.27. The average Bonchev–Trinajstić information content (AvgIpc) is 2.92. The first-order chi connectivity index (χ1) is 11.1. The molecule has 1 heterocycles. The van der Waals surface area contributed by atoms with Gasteiger partial charge in [-0.1, -0.05) is 24.3 Å². The lowest BCUT2D eigenvalue weighted by Crippen LogP contribution is -2.38. The van der Waals surface area contributed by atoms with Crippen molar-refractivity contribution < 1.29 is 4.79 Å². The van der Waals surface area contributed by atoms with Gasteiger partial charge in [-0.15, -0.1) is 11.3 Å². The normalized spacial score (nSPS) is 17.1. The molecule has 1 amide bonds. The summed E-state index contributed by atoms with van der Waals surface area (Å²) in [6, 6.07) is 12.8. The average molecular weight is 393 g/mol. The Morgan fingerprint density at radius 2 is 2.17 bits per heavy atom. The van der Waals surface area contributed by atoms with E-state index in [9.17, 15) is 4.79 Å². The van der Waals surface area contributed by atoms with E-state index in [1.54, 1.807) is 11.3 Å². The second-order valence-corrected chi connectivity index (χ2v) is 8.64. The Hall–Kier alpha value is -1.17. The molecule has 5 heteroatoms. The van der Waals surface area contributed by atoms with Gasteiger partial charge < -0.3 is 5.32 Å². The van der Waals surface area contributed by atoms with Crippen molar-refractivity contribution in [1.82, 2.24) is 10.2 Å². The van der Waals surface area contributed by atoms with E-state index in [1.807, 2.05) is 13.1 Å². The topological polar surface area (TPSA) is 32.3 Å². The quantitative estimate of drug-likeness (QED) is 0.828. The first-order valence-electron chi connectivity index (χ1n) is 7.92. The fourth-order valence-corrected chi connectivity index (χ4v) is 4.71. The van der Waals surface area contributed by atoms with Crippen molar-refractivity contribution in [2.75, 3.05) is 13.6 Å². The van der Waals surface area contributed by atoms with Gasteiger partial charge in [-0.25, -0.2) is 0 Å². The Kier molecular flexibility index (Phi) is 5.51. The van der Waals surface area contributed by atoms with Crippen LogP contribution in [0.4, 0.5) is 0 Å². The summed E-state index contributed by atoms with van der Waals surface area (Å²) in [5.41, 5.74) is 2.66. The SMILES string of the molecule is CN(CC(=O)N[C@@H]1CCCc2ccccc21)Cc1ccc(Br)s1. The maximum absolute atomic E-state index is 12.4. The van der Waals surface area contributed by atoms with Crippen LogP contribution in [0.2, 0.25) is 0 Å². The molecule has 0 saturated carbocycles.